The summed E-state index contributed by atoms with van der Waals surface area (Å²) in [5.74, 6) is 0.951. The molecule has 1 aliphatic carbocycles. The van der Waals surface area contributed by atoms with Gasteiger partial charge in [-0.15, -0.1) is 0 Å². The molecule has 2 rings (SSSR count). The Hall–Kier alpha value is -0.830. The second-order valence-corrected chi connectivity index (χ2v) is 9.39. The third kappa shape index (κ3) is 3.73. The molecule has 2 nitrogen and oxygen atoms in total. The van der Waals surface area contributed by atoms with Gasteiger partial charge in [0.2, 0.25) is 0 Å². The van der Waals surface area contributed by atoms with Gasteiger partial charge in [0.25, 0.3) is 0 Å². The number of benzene rings is 1. The number of hydrogen-bond acceptors (Lipinski definition) is 2. The van der Waals surface area contributed by atoms with Gasteiger partial charge in [-0.3, -0.25) is 4.79 Å². The minimum atomic E-state index is -0.367. The SMILES string of the molecule is CN(C)c1ccc(C(=O)C2(Br)CCC(C(C)(C)C)CC2)cc1. The first-order valence-electron chi connectivity index (χ1n) is 8.14. The molecule has 1 fully saturated rings. The van der Waals surface area contributed by atoms with Crippen molar-refractivity contribution < 1.29 is 4.79 Å². The molecule has 0 radical (unpaired) electrons. The van der Waals surface area contributed by atoms with E-state index in [4.69, 9.17) is 0 Å². The van der Waals surface area contributed by atoms with E-state index in [1.165, 1.54) is 0 Å². The van der Waals surface area contributed by atoms with Gasteiger partial charge >= 0.3 is 0 Å². The average Bonchev–Trinajstić information content (AvgIpc) is 2.46. The summed E-state index contributed by atoms with van der Waals surface area (Å²) in [6.07, 6.45) is 4.11. The number of ketones is 1. The highest BCUT2D eigenvalue weighted by Gasteiger charge is 2.42. The normalized spacial score (nSPS) is 25.8. The van der Waals surface area contributed by atoms with Crippen LogP contribution in [0.1, 0.15) is 56.8 Å². The molecule has 0 heterocycles. The molecule has 1 aromatic rings. The van der Waals surface area contributed by atoms with E-state index in [9.17, 15) is 4.79 Å². The Bertz CT molecular complexity index is 519. The van der Waals surface area contributed by atoms with E-state index in [0.29, 0.717) is 11.3 Å². The van der Waals surface area contributed by atoms with Gasteiger partial charge in [-0.1, -0.05) is 36.7 Å². The van der Waals surface area contributed by atoms with Crippen LogP contribution in [-0.4, -0.2) is 24.2 Å². The molecule has 0 aromatic heterocycles. The molecule has 0 saturated heterocycles. The summed E-state index contributed by atoms with van der Waals surface area (Å²) in [6, 6.07) is 7.95. The summed E-state index contributed by atoms with van der Waals surface area (Å²) in [4.78, 5) is 14.9. The molecule has 0 spiro atoms. The fourth-order valence-corrected chi connectivity index (χ4v) is 4.02. The van der Waals surface area contributed by atoms with Crippen molar-refractivity contribution in [2.24, 2.45) is 11.3 Å². The van der Waals surface area contributed by atoms with Crippen molar-refractivity contribution in [1.29, 1.82) is 0 Å². The van der Waals surface area contributed by atoms with Gasteiger partial charge in [0.05, 0.1) is 4.32 Å². The smallest absolute Gasteiger partial charge is 0.179 e. The van der Waals surface area contributed by atoms with Crippen molar-refractivity contribution in [3.8, 4) is 0 Å². The van der Waals surface area contributed by atoms with Crippen molar-refractivity contribution in [3.05, 3.63) is 29.8 Å². The molecule has 0 aliphatic heterocycles. The Morgan fingerprint density at radius 1 is 1.14 bits per heavy atom. The maximum absolute atomic E-state index is 12.9. The standard InChI is InChI=1S/C19H28BrNO/c1-18(2,3)15-10-12-19(20,13-11-15)17(22)14-6-8-16(9-7-14)21(4)5/h6-9,15H,10-13H2,1-5H3. The van der Waals surface area contributed by atoms with Gasteiger partial charge in [-0.05, 0) is 61.3 Å². The molecular weight excluding hydrogens is 338 g/mol. The van der Waals surface area contributed by atoms with Crippen LogP contribution in [0.3, 0.4) is 0 Å². The molecule has 0 atom stereocenters. The van der Waals surface area contributed by atoms with E-state index < -0.39 is 0 Å². The van der Waals surface area contributed by atoms with Crippen LogP contribution < -0.4 is 4.90 Å². The summed E-state index contributed by atoms with van der Waals surface area (Å²) in [5.41, 5.74) is 2.28. The second kappa shape index (κ2) is 6.35. The molecular formula is C19H28BrNO. The minimum absolute atomic E-state index is 0.241. The topological polar surface area (TPSA) is 20.3 Å². The van der Waals surface area contributed by atoms with Gasteiger partial charge in [-0.25, -0.2) is 0 Å². The highest BCUT2D eigenvalue weighted by molar-refractivity contribution is 9.10. The lowest BCUT2D eigenvalue weighted by Gasteiger charge is -2.40. The number of nitrogens with zero attached hydrogens (tertiary/aromatic N) is 1. The quantitative estimate of drug-likeness (QED) is 0.534. The summed E-state index contributed by atoms with van der Waals surface area (Å²) in [7, 11) is 4.02. The molecule has 1 aliphatic rings. The van der Waals surface area contributed by atoms with E-state index in [1.54, 1.807) is 0 Å². The Kier molecular flexibility index (Phi) is 5.06. The van der Waals surface area contributed by atoms with E-state index >= 15 is 0 Å². The lowest BCUT2D eigenvalue weighted by atomic mass is 9.68. The molecule has 0 amide bonds. The number of carbonyl (C=O) groups excluding carboxylic acids is 1. The number of Topliss-reactive ketones (excluding diaryl/α,β-unsaturated/α-hetero) is 1. The van der Waals surface area contributed by atoms with Gasteiger partial charge in [0, 0.05) is 25.3 Å². The van der Waals surface area contributed by atoms with Gasteiger partial charge in [-0.2, -0.15) is 0 Å². The Labute approximate surface area is 143 Å². The summed E-state index contributed by atoms with van der Waals surface area (Å²) >= 11 is 3.78. The monoisotopic (exact) mass is 365 g/mol. The van der Waals surface area contributed by atoms with Crippen molar-refractivity contribution in [2.45, 2.75) is 50.8 Å². The van der Waals surface area contributed by atoms with Crippen molar-refractivity contribution in [1.82, 2.24) is 0 Å². The van der Waals surface area contributed by atoms with Crippen molar-refractivity contribution in [3.63, 3.8) is 0 Å². The third-order valence-corrected chi connectivity index (χ3v) is 6.21. The number of hydrogen-bond donors (Lipinski definition) is 0. The first kappa shape index (κ1) is 17.5. The number of alkyl halides is 1. The fourth-order valence-electron chi connectivity index (χ4n) is 3.34. The highest BCUT2D eigenvalue weighted by Crippen LogP contribution is 2.46. The number of carbonyl (C=O) groups is 1. The van der Waals surface area contributed by atoms with Crippen LogP contribution in [0, 0.1) is 11.3 Å². The zero-order valence-corrected chi connectivity index (χ0v) is 16.0. The van der Waals surface area contributed by atoms with E-state index in [0.717, 1.165) is 36.9 Å². The molecule has 0 unspecified atom stereocenters. The summed E-state index contributed by atoms with van der Waals surface area (Å²) in [5, 5.41) is 0. The van der Waals surface area contributed by atoms with E-state index in [-0.39, 0.29) is 10.1 Å². The zero-order valence-electron chi connectivity index (χ0n) is 14.4. The van der Waals surface area contributed by atoms with Crippen LogP contribution >= 0.6 is 15.9 Å². The minimum Gasteiger partial charge on any atom is -0.378 e. The lowest BCUT2D eigenvalue weighted by molar-refractivity contribution is 0.0870. The van der Waals surface area contributed by atoms with Crippen LogP contribution in [0.25, 0.3) is 0 Å². The van der Waals surface area contributed by atoms with Gasteiger partial charge < -0.3 is 4.90 Å². The van der Waals surface area contributed by atoms with Crippen LogP contribution in [0.15, 0.2) is 24.3 Å². The molecule has 1 aromatic carbocycles. The lowest BCUT2D eigenvalue weighted by Crippen LogP contribution is -2.39. The van der Waals surface area contributed by atoms with Crippen LogP contribution in [0.4, 0.5) is 5.69 Å². The third-order valence-electron chi connectivity index (χ3n) is 5.06. The Morgan fingerprint density at radius 3 is 2.05 bits per heavy atom. The van der Waals surface area contributed by atoms with Gasteiger partial charge in [0.15, 0.2) is 5.78 Å². The second-order valence-electron chi connectivity index (χ2n) is 7.88. The van der Waals surface area contributed by atoms with E-state index in [1.807, 2.05) is 43.3 Å². The van der Waals surface area contributed by atoms with E-state index in [2.05, 4.69) is 36.7 Å². The largest absolute Gasteiger partial charge is 0.378 e. The Balaban J connectivity index is 2.09. The molecule has 122 valence electrons. The van der Waals surface area contributed by atoms with Crippen LogP contribution in [0.2, 0.25) is 0 Å². The molecule has 22 heavy (non-hydrogen) atoms. The first-order valence-corrected chi connectivity index (χ1v) is 8.94. The molecule has 3 heteroatoms. The number of anilines is 1. The van der Waals surface area contributed by atoms with Crippen LogP contribution in [0.5, 0.6) is 0 Å². The van der Waals surface area contributed by atoms with Crippen LogP contribution in [-0.2, 0) is 0 Å². The fraction of sp³-hybridized carbons (Fsp3) is 0.632. The predicted octanol–water partition coefficient (Wildman–Crippen LogP) is 5.31. The number of rotatable bonds is 3. The molecule has 0 N–H and O–H groups in total. The summed E-state index contributed by atoms with van der Waals surface area (Å²) in [6.45, 7) is 6.92. The highest BCUT2D eigenvalue weighted by atomic mass is 79.9. The maximum atomic E-state index is 12.9. The number of halogens is 1. The van der Waals surface area contributed by atoms with Crippen molar-refractivity contribution >= 4 is 27.4 Å². The molecule has 0 bridgehead atoms. The average molecular weight is 366 g/mol. The molecule has 1 saturated carbocycles. The first-order chi connectivity index (χ1) is 10.1. The summed E-state index contributed by atoms with van der Waals surface area (Å²) < 4.78 is -0.367. The zero-order chi connectivity index (χ0) is 16.5. The van der Waals surface area contributed by atoms with Gasteiger partial charge in [0.1, 0.15) is 0 Å². The Morgan fingerprint density at radius 2 is 1.64 bits per heavy atom. The predicted molar refractivity (Wildman–Crippen MR) is 98.2 cm³/mol. The maximum Gasteiger partial charge on any atom is 0.179 e. The van der Waals surface area contributed by atoms with Crippen molar-refractivity contribution in [2.75, 3.05) is 19.0 Å².